The highest BCUT2D eigenvalue weighted by atomic mass is 15.2. The van der Waals surface area contributed by atoms with Crippen LogP contribution in [0.15, 0.2) is 0 Å². The summed E-state index contributed by atoms with van der Waals surface area (Å²) in [7, 11) is 0. The van der Waals surface area contributed by atoms with Gasteiger partial charge in [0.25, 0.3) is 0 Å². The molecule has 0 saturated carbocycles. The van der Waals surface area contributed by atoms with Gasteiger partial charge in [-0.25, -0.2) is 0 Å². The first-order chi connectivity index (χ1) is 6.59. The SMILES string of the molecule is CCC1CCCCN1CC(C)(C)C#N. The molecule has 1 rings (SSSR count). The molecule has 0 amide bonds. The summed E-state index contributed by atoms with van der Waals surface area (Å²) in [5, 5.41) is 9.01. The lowest BCUT2D eigenvalue weighted by Gasteiger charge is -2.38. The van der Waals surface area contributed by atoms with E-state index in [0.29, 0.717) is 0 Å². The van der Waals surface area contributed by atoms with Crippen LogP contribution in [0.1, 0.15) is 46.5 Å². The Bertz CT molecular complexity index is 215. The maximum Gasteiger partial charge on any atom is 0.0697 e. The van der Waals surface area contributed by atoms with Gasteiger partial charge in [0.2, 0.25) is 0 Å². The number of likely N-dealkylation sites (tertiary alicyclic amines) is 1. The molecule has 0 aromatic carbocycles. The molecule has 1 atom stereocenters. The lowest BCUT2D eigenvalue weighted by Crippen LogP contribution is -2.43. The molecule has 0 bridgehead atoms. The van der Waals surface area contributed by atoms with E-state index in [0.717, 1.165) is 12.6 Å². The molecule has 80 valence electrons. The van der Waals surface area contributed by atoms with Gasteiger partial charge in [-0.2, -0.15) is 5.26 Å². The van der Waals surface area contributed by atoms with E-state index < -0.39 is 0 Å². The molecule has 1 heterocycles. The minimum atomic E-state index is -0.190. The van der Waals surface area contributed by atoms with Gasteiger partial charge >= 0.3 is 0 Å². The average molecular weight is 194 g/mol. The fourth-order valence-corrected chi connectivity index (χ4v) is 2.27. The van der Waals surface area contributed by atoms with Crippen LogP contribution < -0.4 is 0 Å². The predicted molar refractivity (Wildman–Crippen MR) is 58.9 cm³/mol. The van der Waals surface area contributed by atoms with Crippen molar-refractivity contribution in [2.45, 2.75) is 52.5 Å². The van der Waals surface area contributed by atoms with Crippen LogP contribution in [0.4, 0.5) is 0 Å². The molecule has 0 aromatic rings. The molecule has 1 fully saturated rings. The Morgan fingerprint density at radius 1 is 1.43 bits per heavy atom. The van der Waals surface area contributed by atoms with Crippen molar-refractivity contribution < 1.29 is 0 Å². The second-order valence-electron chi connectivity index (χ2n) is 5.02. The van der Waals surface area contributed by atoms with Gasteiger partial charge in [-0.05, 0) is 39.7 Å². The van der Waals surface area contributed by atoms with Gasteiger partial charge in [-0.1, -0.05) is 13.3 Å². The van der Waals surface area contributed by atoms with E-state index >= 15 is 0 Å². The molecular weight excluding hydrogens is 172 g/mol. The summed E-state index contributed by atoms with van der Waals surface area (Å²) >= 11 is 0. The average Bonchev–Trinajstić information content (AvgIpc) is 2.18. The summed E-state index contributed by atoms with van der Waals surface area (Å²) in [4.78, 5) is 2.51. The summed E-state index contributed by atoms with van der Waals surface area (Å²) in [6.07, 6.45) is 5.21. The second-order valence-corrected chi connectivity index (χ2v) is 5.02. The number of piperidine rings is 1. The van der Waals surface area contributed by atoms with Gasteiger partial charge in [0.1, 0.15) is 0 Å². The van der Waals surface area contributed by atoms with Crippen LogP contribution in [0, 0.1) is 16.7 Å². The predicted octanol–water partition coefficient (Wildman–Crippen LogP) is 2.80. The molecule has 0 radical (unpaired) electrons. The van der Waals surface area contributed by atoms with Crippen LogP contribution in [-0.2, 0) is 0 Å². The van der Waals surface area contributed by atoms with E-state index in [1.54, 1.807) is 0 Å². The lowest BCUT2D eigenvalue weighted by atomic mass is 9.91. The van der Waals surface area contributed by atoms with Crippen LogP contribution in [0.2, 0.25) is 0 Å². The maximum atomic E-state index is 9.01. The zero-order valence-electron chi connectivity index (χ0n) is 9.71. The number of hydrogen-bond donors (Lipinski definition) is 0. The normalized spacial score (nSPS) is 24.6. The highest BCUT2D eigenvalue weighted by molar-refractivity contribution is 4.95. The van der Waals surface area contributed by atoms with Gasteiger partial charge in [0.05, 0.1) is 11.5 Å². The second kappa shape index (κ2) is 4.79. The van der Waals surface area contributed by atoms with E-state index in [4.69, 9.17) is 5.26 Å². The Kier molecular flexibility index (Phi) is 3.95. The Morgan fingerprint density at radius 3 is 2.71 bits per heavy atom. The summed E-state index contributed by atoms with van der Waals surface area (Å²) in [5.41, 5.74) is -0.190. The molecule has 1 aliphatic heterocycles. The molecule has 0 N–H and O–H groups in total. The largest absolute Gasteiger partial charge is 0.299 e. The van der Waals surface area contributed by atoms with Crippen molar-refractivity contribution in [2.24, 2.45) is 5.41 Å². The first kappa shape index (κ1) is 11.5. The zero-order chi connectivity index (χ0) is 10.6. The Hall–Kier alpha value is -0.550. The van der Waals surface area contributed by atoms with E-state index in [1.165, 1.54) is 32.2 Å². The van der Waals surface area contributed by atoms with Crippen molar-refractivity contribution in [1.29, 1.82) is 5.26 Å². The van der Waals surface area contributed by atoms with Gasteiger partial charge in [0, 0.05) is 12.6 Å². The fraction of sp³-hybridized carbons (Fsp3) is 0.917. The quantitative estimate of drug-likeness (QED) is 0.690. The standard InChI is InChI=1S/C12H22N2/c1-4-11-7-5-6-8-14(11)10-12(2,3)9-13/h11H,4-8,10H2,1-3H3. The Balaban J connectivity index is 2.53. The first-order valence-electron chi connectivity index (χ1n) is 5.74. The minimum absolute atomic E-state index is 0.190. The van der Waals surface area contributed by atoms with Gasteiger partial charge in [-0.3, -0.25) is 4.90 Å². The minimum Gasteiger partial charge on any atom is -0.299 e. The molecule has 0 spiro atoms. The molecule has 1 unspecified atom stereocenters. The zero-order valence-corrected chi connectivity index (χ0v) is 9.71. The van der Waals surface area contributed by atoms with E-state index in [2.05, 4.69) is 17.9 Å². The van der Waals surface area contributed by atoms with E-state index in [-0.39, 0.29) is 5.41 Å². The van der Waals surface area contributed by atoms with E-state index in [9.17, 15) is 0 Å². The van der Waals surface area contributed by atoms with Crippen molar-refractivity contribution in [2.75, 3.05) is 13.1 Å². The summed E-state index contributed by atoms with van der Waals surface area (Å²) in [5.74, 6) is 0. The monoisotopic (exact) mass is 194 g/mol. The Labute approximate surface area is 87.9 Å². The molecule has 1 aliphatic rings. The molecule has 2 heteroatoms. The molecule has 14 heavy (non-hydrogen) atoms. The third-order valence-electron chi connectivity index (χ3n) is 3.12. The van der Waals surface area contributed by atoms with Crippen LogP contribution in [0.25, 0.3) is 0 Å². The fourth-order valence-electron chi connectivity index (χ4n) is 2.27. The Morgan fingerprint density at radius 2 is 2.14 bits per heavy atom. The van der Waals surface area contributed by atoms with Crippen molar-refractivity contribution >= 4 is 0 Å². The van der Waals surface area contributed by atoms with Crippen LogP contribution in [0.5, 0.6) is 0 Å². The first-order valence-corrected chi connectivity index (χ1v) is 5.74. The van der Waals surface area contributed by atoms with Gasteiger partial charge < -0.3 is 0 Å². The summed E-state index contributed by atoms with van der Waals surface area (Å²) in [6, 6.07) is 3.11. The van der Waals surface area contributed by atoms with Crippen molar-refractivity contribution in [3.63, 3.8) is 0 Å². The highest BCUT2D eigenvalue weighted by Crippen LogP contribution is 2.24. The third-order valence-corrected chi connectivity index (χ3v) is 3.12. The number of rotatable bonds is 3. The molecular formula is C12H22N2. The van der Waals surface area contributed by atoms with Crippen LogP contribution in [-0.4, -0.2) is 24.0 Å². The smallest absolute Gasteiger partial charge is 0.0697 e. The number of nitriles is 1. The number of nitrogens with zero attached hydrogens (tertiary/aromatic N) is 2. The highest BCUT2D eigenvalue weighted by Gasteiger charge is 2.27. The number of hydrogen-bond acceptors (Lipinski definition) is 2. The van der Waals surface area contributed by atoms with Gasteiger partial charge in [-0.15, -0.1) is 0 Å². The van der Waals surface area contributed by atoms with E-state index in [1.807, 2.05) is 13.8 Å². The summed E-state index contributed by atoms with van der Waals surface area (Å²) < 4.78 is 0. The van der Waals surface area contributed by atoms with Crippen molar-refractivity contribution in [3.8, 4) is 6.07 Å². The van der Waals surface area contributed by atoms with Crippen molar-refractivity contribution in [3.05, 3.63) is 0 Å². The molecule has 0 aromatic heterocycles. The maximum absolute atomic E-state index is 9.01. The topological polar surface area (TPSA) is 27.0 Å². The molecule has 0 aliphatic carbocycles. The van der Waals surface area contributed by atoms with Gasteiger partial charge in [0.15, 0.2) is 0 Å². The third kappa shape index (κ3) is 2.99. The van der Waals surface area contributed by atoms with Crippen LogP contribution in [0.3, 0.4) is 0 Å². The molecule has 1 saturated heterocycles. The summed E-state index contributed by atoms with van der Waals surface area (Å²) in [6.45, 7) is 8.44. The van der Waals surface area contributed by atoms with Crippen molar-refractivity contribution in [1.82, 2.24) is 4.90 Å². The van der Waals surface area contributed by atoms with Crippen LogP contribution >= 0.6 is 0 Å². The molecule has 2 nitrogen and oxygen atoms in total. The lowest BCUT2D eigenvalue weighted by molar-refractivity contribution is 0.112.